The highest BCUT2D eigenvalue weighted by molar-refractivity contribution is 6.10. The number of benzene rings is 2. The molecule has 2 atom stereocenters. The first-order valence-electron chi connectivity index (χ1n) is 7.18. The first-order chi connectivity index (χ1) is 10.3. The Morgan fingerprint density at radius 1 is 0.905 bits per heavy atom. The van der Waals surface area contributed by atoms with Crippen molar-refractivity contribution in [1.82, 2.24) is 5.32 Å². The minimum absolute atomic E-state index is 0.275. The fourth-order valence-electron chi connectivity index (χ4n) is 2.96. The zero-order chi connectivity index (χ0) is 14.3. The van der Waals surface area contributed by atoms with Gasteiger partial charge >= 0.3 is 0 Å². The van der Waals surface area contributed by atoms with E-state index in [2.05, 4.69) is 41.7 Å². The van der Waals surface area contributed by atoms with E-state index < -0.39 is 0 Å². The zero-order valence-corrected chi connectivity index (χ0v) is 11.6. The quantitative estimate of drug-likeness (QED) is 0.651. The second-order valence-corrected chi connectivity index (χ2v) is 5.55. The lowest BCUT2D eigenvalue weighted by Crippen LogP contribution is -2.27. The van der Waals surface area contributed by atoms with Gasteiger partial charge in [-0.1, -0.05) is 78.9 Å². The van der Waals surface area contributed by atoms with Crippen molar-refractivity contribution in [2.45, 2.75) is 11.6 Å². The van der Waals surface area contributed by atoms with Crippen molar-refractivity contribution in [3.8, 4) is 11.1 Å². The molecule has 0 amide bonds. The van der Waals surface area contributed by atoms with Crippen LogP contribution in [0.5, 0.6) is 0 Å². The molecular formula is C19H16N2. The average molecular weight is 272 g/mol. The normalized spacial score (nSPS) is 25.4. The van der Waals surface area contributed by atoms with Crippen molar-refractivity contribution in [3.05, 3.63) is 84.5 Å². The molecule has 1 aliphatic heterocycles. The third-order valence-corrected chi connectivity index (χ3v) is 4.27. The first kappa shape index (κ1) is 12.3. The van der Waals surface area contributed by atoms with Crippen LogP contribution in [-0.4, -0.2) is 17.3 Å². The molecule has 1 fully saturated rings. The van der Waals surface area contributed by atoms with Crippen molar-refractivity contribution < 1.29 is 0 Å². The molecule has 0 spiro atoms. The van der Waals surface area contributed by atoms with Gasteiger partial charge in [-0.15, -0.1) is 0 Å². The van der Waals surface area contributed by atoms with Crippen LogP contribution in [0.25, 0.3) is 11.1 Å². The van der Waals surface area contributed by atoms with Crippen LogP contribution in [0.15, 0.2) is 78.9 Å². The Kier molecular flexibility index (Phi) is 2.66. The fourth-order valence-corrected chi connectivity index (χ4v) is 2.96. The molecular weight excluding hydrogens is 256 g/mol. The van der Waals surface area contributed by atoms with Gasteiger partial charge in [0.05, 0.1) is 17.3 Å². The number of hydrogen-bond acceptors (Lipinski definition) is 2. The van der Waals surface area contributed by atoms with Gasteiger partial charge in [-0.25, -0.2) is 0 Å². The van der Waals surface area contributed by atoms with Gasteiger partial charge in [0.2, 0.25) is 0 Å². The molecule has 0 saturated carbocycles. The highest BCUT2D eigenvalue weighted by atomic mass is 15.2. The zero-order valence-electron chi connectivity index (χ0n) is 11.6. The Balaban J connectivity index is 1.62. The molecule has 0 bridgehead atoms. The van der Waals surface area contributed by atoms with Gasteiger partial charge in [0.25, 0.3) is 0 Å². The molecule has 2 unspecified atom stereocenters. The third-order valence-electron chi connectivity index (χ3n) is 4.27. The Hall–Kier alpha value is -2.45. The Labute approximate surface area is 124 Å². The number of fused-ring (bicyclic) bond motifs is 1. The van der Waals surface area contributed by atoms with E-state index in [-0.39, 0.29) is 11.6 Å². The van der Waals surface area contributed by atoms with Crippen molar-refractivity contribution in [1.29, 1.82) is 5.41 Å². The topological polar surface area (TPSA) is 45.8 Å². The molecule has 0 aromatic heterocycles. The van der Waals surface area contributed by atoms with E-state index in [0.29, 0.717) is 5.71 Å². The summed E-state index contributed by atoms with van der Waals surface area (Å²) in [5.74, 6) is 0. The maximum Gasteiger partial charge on any atom is 0.0993 e. The van der Waals surface area contributed by atoms with Gasteiger partial charge in [0.1, 0.15) is 0 Å². The van der Waals surface area contributed by atoms with Gasteiger partial charge in [0, 0.05) is 0 Å². The predicted molar refractivity (Wildman–Crippen MR) is 86.6 cm³/mol. The van der Waals surface area contributed by atoms with E-state index in [1.54, 1.807) is 0 Å². The number of allylic oxidation sites excluding steroid dienone is 2. The van der Waals surface area contributed by atoms with Crippen LogP contribution in [0.2, 0.25) is 0 Å². The molecule has 21 heavy (non-hydrogen) atoms. The smallest absolute Gasteiger partial charge is 0.0993 e. The van der Waals surface area contributed by atoms with Crippen LogP contribution in [0.4, 0.5) is 0 Å². The molecule has 4 rings (SSSR count). The highest BCUT2D eigenvalue weighted by Crippen LogP contribution is 2.35. The maximum atomic E-state index is 8.49. The Bertz CT molecular complexity index is 741. The lowest BCUT2D eigenvalue weighted by molar-refractivity contribution is 1.01. The van der Waals surface area contributed by atoms with E-state index in [1.807, 2.05) is 42.5 Å². The second kappa shape index (κ2) is 4.54. The van der Waals surface area contributed by atoms with Gasteiger partial charge in [0.15, 0.2) is 0 Å². The van der Waals surface area contributed by atoms with Crippen molar-refractivity contribution in [2.24, 2.45) is 0 Å². The molecule has 0 radical (unpaired) electrons. The standard InChI is InChI=1S/C19H16N2/c20-18(19-13-5-4-8-17(19)21-19)16-11-9-15(10-12-16)14-6-2-1-3-7-14/h1-13,17,20-21H. The van der Waals surface area contributed by atoms with Gasteiger partial charge in [-0.2, -0.15) is 0 Å². The second-order valence-electron chi connectivity index (χ2n) is 5.55. The number of rotatable bonds is 3. The summed E-state index contributed by atoms with van der Waals surface area (Å²) in [5, 5.41) is 11.9. The molecule has 2 aromatic rings. The van der Waals surface area contributed by atoms with E-state index in [9.17, 15) is 0 Å². The van der Waals surface area contributed by atoms with Crippen molar-refractivity contribution in [2.75, 3.05) is 0 Å². The van der Waals surface area contributed by atoms with E-state index >= 15 is 0 Å². The Morgan fingerprint density at radius 2 is 1.62 bits per heavy atom. The molecule has 1 aliphatic carbocycles. The van der Waals surface area contributed by atoms with Gasteiger partial charge in [-0.3, -0.25) is 5.32 Å². The minimum Gasteiger partial charge on any atom is -0.302 e. The van der Waals surface area contributed by atoms with Gasteiger partial charge < -0.3 is 5.41 Å². The summed E-state index contributed by atoms with van der Waals surface area (Å²) < 4.78 is 0. The largest absolute Gasteiger partial charge is 0.302 e. The molecule has 2 nitrogen and oxygen atoms in total. The lowest BCUT2D eigenvalue weighted by atomic mass is 9.89. The van der Waals surface area contributed by atoms with Crippen molar-refractivity contribution in [3.63, 3.8) is 0 Å². The summed E-state index contributed by atoms with van der Waals surface area (Å²) in [4.78, 5) is 0. The summed E-state index contributed by atoms with van der Waals surface area (Å²) in [6.07, 6.45) is 8.26. The van der Waals surface area contributed by atoms with E-state index in [1.165, 1.54) is 11.1 Å². The summed E-state index contributed by atoms with van der Waals surface area (Å²) in [7, 11) is 0. The van der Waals surface area contributed by atoms with Crippen LogP contribution < -0.4 is 5.32 Å². The number of hydrogen-bond donors (Lipinski definition) is 2. The van der Waals surface area contributed by atoms with E-state index in [0.717, 1.165) is 5.56 Å². The van der Waals surface area contributed by atoms with Crippen LogP contribution in [-0.2, 0) is 0 Å². The molecule has 2 heteroatoms. The van der Waals surface area contributed by atoms with Crippen LogP contribution in [0.3, 0.4) is 0 Å². The molecule has 2 aliphatic rings. The predicted octanol–water partition coefficient (Wildman–Crippen LogP) is 3.56. The summed E-state index contributed by atoms with van der Waals surface area (Å²) in [6.45, 7) is 0. The van der Waals surface area contributed by atoms with Gasteiger partial charge in [-0.05, 0) is 16.7 Å². The van der Waals surface area contributed by atoms with Crippen molar-refractivity contribution >= 4 is 5.71 Å². The third kappa shape index (κ3) is 1.96. The molecule has 2 N–H and O–H groups in total. The minimum atomic E-state index is -0.275. The monoisotopic (exact) mass is 272 g/mol. The summed E-state index contributed by atoms with van der Waals surface area (Å²) >= 11 is 0. The molecule has 102 valence electrons. The average Bonchev–Trinajstić information content (AvgIpc) is 3.31. The van der Waals surface area contributed by atoms with Crippen LogP contribution in [0.1, 0.15) is 5.56 Å². The Morgan fingerprint density at radius 3 is 2.33 bits per heavy atom. The molecule has 1 heterocycles. The maximum absolute atomic E-state index is 8.49. The molecule has 2 aromatic carbocycles. The first-order valence-corrected chi connectivity index (χ1v) is 7.18. The number of nitrogens with one attached hydrogen (secondary N) is 2. The highest BCUT2D eigenvalue weighted by Gasteiger charge is 2.54. The van der Waals surface area contributed by atoms with E-state index in [4.69, 9.17) is 5.41 Å². The SMILES string of the molecule is N=C(c1ccc(-c2ccccc2)cc1)C12C=CC=CC1N2. The van der Waals surface area contributed by atoms with Crippen LogP contribution in [0, 0.1) is 5.41 Å². The van der Waals surface area contributed by atoms with Crippen LogP contribution >= 0.6 is 0 Å². The fraction of sp³-hybridized carbons (Fsp3) is 0.105. The lowest BCUT2D eigenvalue weighted by Gasteiger charge is -2.14. The summed E-state index contributed by atoms with van der Waals surface area (Å²) in [6, 6.07) is 18.9. The summed E-state index contributed by atoms with van der Waals surface area (Å²) in [5.41, 5.74) is 3.74. The molecule has 1 saturated heterocycles.